The summed E-state index contributed by atoms with van der Waals surface area (Å²) in [4.78, 5) is 33.7. The van der Waals surface area contributed by atoms with E-state index in [-0.39, 0.29) is 84.4 Å². The van der Waals surface area contributed by atoms with Gasteiger partial charge in [0.25, 0.3) is 0 Å². The zero-order chi connectivity index (χ0) is 21.8. The molecule has 3 N–H and O–H groups in total. The van der Waals surface area contributed by atoms with Crippen LogP contribution in [0.2, 0.25) is 0 Å². The number of aliphatic hydroxyl groups is 1. The summed E-state index contributed by atoms with van der Waals surface area (Å²) in [5.41, 5.74) is 1.74. The van der Waals surface area contributed by atoms with Gasteiger partial charge in [0, 0.05) is 49.7 Å². The van der Waals surface area contributed by atoms with E-state index in [1.54, 1.807) is 24.3 Å². The number of carbonyl (C=O) groups excluding carboxylic acids is 3. The van der Waals surface area contributed by atoms with Gasteiger partial charge < -0.3 is 40.3 Å². The first-order valence-electron chi connectivity index (χ1n) is 8.88. The molecule has 1 rings (SSSR count). The first-order chi connectivity index (χ1) is 13.7. The van der Waals surface area contributed by atoms with E-state index in [0.717, 1.165) is 11.4 Å². The third-order valence-corrected chi connectivity index (χ3v) is 3.64. The molecule has 0 heterocycles. The first kappa shape index (κ1) is 32.1. The molecule has 1 atom stereocenters. The molecule has 0 aliphatic rings. The minimum Gasteiger partial charge on any atom is -0.549 e. The van der Waals surface area contributed by atoms with Crippen molar-refractivity contribution in [2.45, 2.75) is 13.0 Å². The van der Waals surface area contributed by atoms with Crippen LogP contribution >= 0.6 is 0 Å². The second-order valence-electron chi connectivity index (χ2n) is 6.37. The van der Waals surface area contributed by atoms with Crippen molar-refractivity contribution in [3.8, 4) is 0 Å². The van der Waals surface area contributed by atoms with Crippen LogP contribution in [0.4, 0.5) is 11.4 Å². The molecule has 0 spiro atoms. The fourth-order valence-electron chi connectivity index (χ4n) is 2.23. The van der Waals surface area contributed by atoms with E-state index < -0.39 is 37.1 Å². The summed E-state index contributed by atoms with van der Waals surface area (Å²) < 4.78 is 4.86. The van der Waals surface area contributed by atoms with Crippen LogP contribution in [0.5, 0.6) is 0 Å². The number of benzene rings is 1. The number of carbonyl (C=O) groups is 3. The van der Waals surface area contributed by atoms with Crippen LogP contribution in [-0.2, 0) is 19.1 Å². The monoisotopic (exact) mass is 453 g/mol. The molecular formula is C19H25N3Na2O7. The molecule has 0 aromatic heterocycles. The van der Waals surface area contributed by atoms with Crippen molar-refractivity contribution >= 4 is 29.3 Å². The molecule has 0 saturated carbocycles. The topological polar surface area (TPSA) is 154 Å². The van der Waals surface area contributed by atoms with Crippen molar-refractivity contribution in [2.24, 2.45) is 0 Å². The standard InChI is InChI=1S/C19H27N3O7.2Na/c1-13(2)19(28)29-12-16(23)9-21-15-5-3-14(4-6-15)20-7-8-22(10-17(24)25)11-18(26)27;;/h3-6,16,20-21,23H,1,7-12H2,2H3,(H,24,25)(H,26,27);;/q;2*+1/p-2. The van der Waals surface area contributed by atoms with Crippen molar-refractivity contribution in [2.75, 3.05) is 50.0 Å². The van der Waals surface area contributed by atoms with Gasteiger partial charge in [-0.25, -0.2) is 4.79 Å². The molecule has 0 radical (unpaired) electrons. The molecular weight excluding hydrogens is 428 g/mol. The third kappa shape index (κ3) is 15.4. The molecule has 1 aromatic rings. The molecule has 1 aromatic carbocycles. The second kappa shape index (κ2) is 17.4. The first-order valence-corrected chi connectivity index (χ1v) is 8.88. The molecule has 0 amide bonds. The molecule has 160 valence electrons. The van der Waals surface area contributed by atoms with Gasteiger partial charge in [-0.05, 0) is 31.2 Å². The molecule has 0 fully saturated rings. The SMILES string of the molecule is C=C(C)C(=O)OCC(O)CNc1ccc(NCCN(CC(=O)[O-])CC(=O)[O-])cc1.[Na+].[Na+]. The maximum atomic E-state index is 11.3. The predicted molar refractivity (Wildman–Crippen MR) is 102 cm³/mol. The van der Waals surface area contributed by atoms with Crippen molar-refractivity contribution < 1.29 is 93.6 Å². The number of carboxylic acids is 2. The molecule has 12 heteroatoms. The van der Waals surface area contributed by atoms with Gasteiger partial charge in [0.05, 0.1) is 11.9 Å². The number of anilines is 2. The molecule has 0 bridgehead atoms. The van der Waals surface area contributed by atoms with Crippen molar-refractivity contribution in [3.63, 3.8) is 0 Å². The second-order valence-corrected chi connectivity index (χ2v) is 6.37. The van der Waals surface area contributed by atoms with Gasteiger partial charge in [0.2, 0.25) is 0 Å². The van der Waals surface area contributed by atoms with E-state index in [1.165, 1.54) is 11.8 Å². The Morgan fingerprint density at radius 3 is 2.00 bits per heavy atom. The number of esters is 1. The van der Waals surface area contributed by atoms with E-state index >= 15 is 0 Å². The number of carboxylic acid groups (broad SMARTS) is 2. The van der Waals surface area contributed by atoms with Crippen molar-refractivity contribution in [1.29, 1.82) is 0 Å². The van der Waals surface area contributed by atoms with Crippen LogP contribution in [0.15, 0.2) is 36.4 Å². The van der Waals surface area contributed by atoms with Gasteiger partial charge in [-0.2, -0.15) is 0 Å². The maximum absolute atomic E-state index is 11.3. The molecule has 0 aliphatic carbocycles. The molecule has 10 nitrogen and oxygen atoms in total. The summed E-state index contributed by atoms with van der Waals surface area (Å²) >= 11 is 0. The van der Waals surface area contributed by atoms with Crippen LogP contribution < -0.4 is 80.0 Å². The minimum absolute atomic E-state index is 0. The van der Waals surface area contributed by atoms with E-state index in [0.29, 0.717) is 6.54 Å². The Hall–Kier alpha value is -1.11. The molecule has 0 saturated heterocycles. The minimum atomic E-state index is -1.36. The van der Waals surface area contributed by atoms with E-state index in [1.807, 2.05) is 0 Å². The van der Waals surface area contributed by atoms with Crippen LogP contribution in [0.3, 0.4) is 0 Å². The predicted octanol–water partition coefficient (Wildman–Crippen LogP) is -8.20. The Morgan fingerprint density at radius 1 is 1.06 bits per heavy atom. The number of hydrogen-bond donors (Lipinski definition) is 3. The van der Waals surface area contributed by atoms with Crippen molar-refractivity contribution in [1.82, 2.24) is 4.90 Å². The van der Waals surface area contributed by atoms with Gasteiger partial charge in [0.1, 0.15) is 12.7 Å². The fourth-order valence-corrected chi connectivity index (χ4v) is 2.23. The number of nitrogens with zero attached hydrogens (tertiary/aromatic N) is 1. The fraction of sp³-hybridized carbons (Fsp3) is 0.421. The Labute approximate surface area is 225 Å². The smallest absolute Gasteiger partial charge is 0.549 e. The average molecular weight is 453 g/mol. The quantitative estimate of drug-likeness (QED) is 0.141. The maximum Gasteiger partial charge on any atom is 1.00 e. The Bertz CT molecular complexity index is 701. The Morgan fingerprint density at radius 2 is 1.55 bits per heavy atom. The largest absolute Gasteiger partial charge is 1.00 e. The number of aliphatic hydroxyl groups excluding tert-OH is 1. The number of rotatable bonds is 14. The van der Waals surface area contributed by atoms with Crippen molar-refractivity contribution in [3.05, 3.63) is 36.4 Å². The van der Waals surface area contributed by atoms with Gasteiger partial charge in [-0.15, -0.1) is 0 Å². The van der Waals surface area contributed by atoms with Gasteiger partial charge in [-0.3, -0.25) is 4.90 Å². The van der Waals surface area contributed by atoms with Crippen LogP contribution in [0, 0.1) is 0 Å². The zero-order valence-electron chi connectivity index (χ0n) is 18.2. The molecule has 31 heavy (non-hydrogen) atoms. The summed E-state index contributed by atoms with van der Waals surface area (Å²) in [7, 11) is 0. The Balaban J connectivity index is 0. The Kier molecular flexibility index (Phi) is 18.0. The number of hydrogen-bond acceptors (Lipinski definition) is 10. The van der Waals surface area contributed by atoms with Gasteiger partial charge in [0.15, 0.2) is 0 Å². The normalized spacial score (nSPS) is 10.8. The zero-order valence-corrected chi connectivity index (χ0v) is 22.2. The van der Waals surface area contributed by atoms with Crippen LogP contribution in [-0.4, -0.2) is 73.3 Å². The van der Waals surface area contributed by atoms with Gasteiger partial charge in [-0.1, -0.05) is 6.58 Å². The van der Waals surface area contributed by atoms with E-state index in [9.17, 15) is 29.7 Å². The number of nitrogens with one attached hydrogen (secondary N) is 2. The summed E-state index contributed by atoms with van der Waals surface area (Å²) in [5.74, 6) is -3.28. The summed E-state index contributed by atoms with van der Waals surface area (Å²) in [6.07, 6.45) is -0.880. The van der Waals surface area contributed by atoms with E-state index in [2.05, 4.69) is 17.2 Å². The summed E-state index contributed by atoms with van der Waals surface area (Å²) in [6, 6.07) is 7.04. The van der Waals surface area contributed by atoms with Crippen LogP contribution in [0.25, 0.3) is 0 Å². The number of aliphatic carboxylic acids is 2. The average Bonchev–Trinajstić information content (AvgIpc) is 2.64. The third-order valence-electron chi connectivity index (χ3n) is 3.64. The molecule has 0 aliphatic heterocycles. The summed E-state index contributed by atoms with van der Waals surface area (Å²) in [6.45, 7) is 4.51. The number of ether oxygens (including phenoxy) is 1. The van der Waals surface area contributed by atoms with Crippen LogP contribution in [0.1, 0.15) is 6.92 Å². The summed E-state index contributed by atoms with van der Waals surface area (Å²) in [5, 5.41) is 37.1. The van der Waals surface area contributed by atoms with E-state index in [4.69, 9.17) is 4.74 Å². The van der Waals surface area contributed by atoms with Gasteiger partial charge >= 0.3 is 65.1 Å². The molecule has 1 unspecified atom stereocenters.